The van der Waals surface area contributed by atoms with Crippen LogP contribution in [0.2, 0.25) is 0 Å². The van der Waals surface area contributed by atoms with Gasteiger partial charge in [0.25, 0.3) is 0 Å². The predicted molar refractivity (Wildman–Crippen MR) is 65.4 cm³/mol. The highest BCUT2D eigenvalue weighted by Gasteiger charge is 2.25. The van der Waals surface area contributed by atoms with Crippen molar-refractivity contribution in [3.8, 4) is 11.5 Å². The summed E-state index contributed by atoms with van der Waals surface area (Å²) in [5.41, 5.74) is 5.37. The highest BCUT2D eigenvalue weighted by atomic mass is 16.6. The van der Waals surface area contributed by atoms with Crippen LogP contribution in [0.1, 0.15) is 30.5 Å². The Hall–Kier alpha value is -1.26. The average Bonchev–Trinajstić information content (AvgIpc) is 2.38. The van der Waals surface area contributed by atoms with E-state index in [1.54, 1.807) is 14.2 Å². The molecule has 17 heavy (non-hydrogen) atoms. The van der Waals surface area contributed by atoms with Crippen molar-refractivity contribution in [2.75, 3.05) is 20.8 Å². The Bertz CT molecular complexity index is 392. The molecule has 1 aromatic carbocycles. The second-order valence-corrected chi connectivity index (χ2v) is 4.08. The molecule has 1 aliphatic heterocycles. The van der Waals surface area contributed by atoms with Gasteiger partial charge in [0.05, 0.1) is 26.9 Å². The molecule has 0 aromatic heterocycles. The SMILES string of the molecule is CCc1cc(OC)c2c(c1)C(NOC)CCO2. The van der Waals surface area contributed by atoms with Crippen LogP contribution in [0.4, 0.5) is 0 Å². The molecule has 0 spiro atoms. The molecule has 4 nitrogen and oxygen atoms in total. The number of fused-ring (bicyclic) bond motifs is 1. The number of hydrogen-bond donors (Lipinski definition) is 1. The summed E-state index contributed by atoms with van der Waals surface area (Å²) in [5.74, 6) is 1.65. The van der Waals surface area contributed by atoms with Crippen LogP contribution in [0.5, 0.6) is 11.5 Å². The monoisotopic (exact) mass is 237 g/mol. The lowest BCUT2D eigenvalue weighted by Crippen LogP contribution is -2.26. The van der Waals surface area contributed by atoms with Crippen molar-refractivity contribution in [3.63, 3.8) is 0 Å². The third kappa shape index (κ3) is 2.37. The maximum absolute atomic E-state index is 5.70. The molecule has 0 radical (unpaired) electrons. The molecule has 94 valence electrons. The Kier molecular flexibility index (Phi) is 3.86. The number of benzene rings is 1. The summed E-state index contributed by atoms with van der Waals surface area (Å²) >= 11 is 0. The first-order valence-electron chi connectivity index (χ1n) is 5.92. The maximum Gasteiger partial charge on any atom is 0.166 e. The van der Waals surface area contributed by atoms with E-state index in [0.29, 0.717) is 6.61 Å². The van der Waals surface area contributed by atoms with E-state index in [2.05, 4.69) is 18.5 Å². The van der Waals surface area contributed by atoms with E-state index in [9.17, 15) is 0 Å². The predicted octanol–water partition coefficient (Wildman–Crippen LogP) is 2.23. The Morgan fingerprint density at radius 2 is 2.24 bits per heavy atom. The van der Waals surface area contributed by atoms with Gasteiger partial charge in [0.2, 0.25) is 0 Å². The average molecular weight is 237 g/mol. The molecular weight excluding hydrogens is 218 g/mol. The topological polar surface area (TPSA) is 39.7 Å². The van der Waals surface area contributed by atoms with Gasteiger partial charge in [0, 0.05) is 12.0 Å². The van der Waals surface area contributed by atoms with Gasteiger partial charge in [-0.05, 0) is 18.1 Å². The van der Waals surface area contributed by atoms with Gasteiger partial charge in [0.1, 0.15) is 0 Å². The quantitative estimate of drug-likeness (QED) is 0.815. The van der Waals surface area contributed by atoms with E-state index in [-0.39, 0.29) is 6.04 Å². The maximum atomic E-state index is 5.70. The summed E-state index contributed by atoms with van der Waals surface area (Å²) in [4.78, 5) is 5.04. The zero-order valence-electron chi connectivity index (χ0n) is 10.6. The molecule has 0 aliphatic carbocycles. The van der Waals surface area contributed by atoms with Gasteiger partial charge in [-0.25, -0.2) is 0 Å². The van der Waals surface area contributed by atoms with E-state index >= 15 is 0 Å². The molecule has 1 N–H and O–H groups in total. The van der Waals surface area contributed by atoms with Gasteiger partial charge in [-0.3, -0.25) is 0 Å². The van der Waals surface area contributed by atoms with E-state index in [1.807, 2.05) is 6.07 Å². The van der Waals surface area contributed by atoms with Crippen LogP contribution in [0.25, 0.3) is 0 Å². The normalized spacial score (nSPS) is 18.4. The number of aryl methyl sites for hydroxylation is 1. The van der Waals surface area contributed by atoms with Gasteiger partial charge < -0.3 is 14.3 Å². The minimum absolute atomic E-state index is 0.171. The smallest absolute Gasteiger partial charge is 0.166 e. The van der Waals surface area contributed by atoms with E-state index < -0.39 is 0 Å². The molecule has 1 atom stereocenters. The summed E-state index contributed by atoms with van der Waals surface area (Å²) in [6.45, 7) is 2.81. The van der Waals surface area contributed by atoms with Crippen LogP contribution in [-0.2, 0) is 11.3 Å². The van der Waals surface area contributed by atoms with Crippen molar-refractivity contribution >= 4 is 0 Å². The van der Waals surface area contributed by atoms with Crippen LogP contribution >= 0.6 is 0 Å². The number of hydrogen-bond acceptors (Lipinski definition) is 4. The van der Waals surface area contributed by atoms with Crippen LogP contribution in [-0.4, -0.2) is 20.8 Å². The molecule has 0 fully saturated rings. The molecule has 0 saturated carbocycles. The number of rotatable bonds is 4. The van der Waals surface area contributed by atoms with Crippen molar-refractivity contribution < 1.29 is 14.3 Å². The Morgan fingerprint density at radius 3 is 2.88 bits per heavy atom. The molecule has 0 amide bonds. The Labute approximate surface area is 102 Å². The van der Waals surface area contributed by atoms with E-state index in [4.69, 9.17) is 14.3 Å². The third-order valence-corrected chi connectivity index (χ3v) is 3.06. The molecule has 1 heterocycles. The summed E-state index contributed by atoms with van der Waals surface area (Å²) in [6, 6.07) is 4.37. The summed E-state index contributed by atoms with van der Waals surface area (Å²) < 4.78 is 11.1. The Morgan fingerprint density at radius 1 is 1.41 bits per heavy atom. The fourth-order valence-corrected chi connectivity index (χ4v) is 2.15. The number of ether oxygens (including phenoxy) is 2. The first-order valence-corrected chi connectivity index (χ1v) is 5.92. The second-order valence-electron chi connectivity index (χ2n) is 4.08. The van der Waals surface area contributed by atoms with Crippen molar-refractivity contribution in [2.24, 2.45) is 0 Å². The van der Waals surface area contributed by atoms with Crippen LogP contribution in [0.3, 0.4) is 0 Å². The van der Waals surface area contributed by atoms with Gasteiger partial charge >= 0.3 is 0 Å². The molecular formula is C13H19NO3. The zero-order chi connectivity index (χ0) is 12.3. The number of nitrogens with one attached hydrogen (secondary N) is 1. The molecule has 2 rings (SSSR count). The fraction of sp³-hybridized carbons (Fsp3) is 0.538. The number of hydroxylamine groups is 1. The standard InChI is InChI=1S/C13H19NO3/c1-4-9-7-10-11(14-16-3)5-6-17-13(10)12(8-9)15-2/h7-8,11,14H,4-6H2,1-3H3. The van der Waals surface area contributed by atoms with Gasteiger partial charge in [-0.2, -0.15) is 5.48 Å². The summed E-state index contributed by atoms with van der Waals surface area (Å²) in [6.07, 6.45) is 1.88. The van der Waals surface area contributed by atoms with E-state index in [1.165, 1.54) is 5.56 Å². The second kappa shape index (κ2) is 5.38. The summed E-state index contributed by atoms with van der Waals surface area (Å²) in [7, 11) is 3.31. The van der Waals surface area contributed by atoms with Gasteiger partial charge in [0.15, 0.2) is 11.5 Å². The minimum atomic E-state index is 0.171. The third-order valence-electron chi connectivity index (χ3n) is 3.06. The molecule has 1 unspecified atom stereocenters. The Balaban J connectivity index is 2.43. The van der Waals surface area contributed by atoms with Gasteiger partial charge in [-0.1, -0.05) is 13.0 Å². The van der Waals surface area contributed by atoms with Crippen molar-refractivity contribution in [3.05, 3.63) is 23.3 Å². The van der Waals surface area contributed by atoms with Crippen molar-refractivity contribution in [1.29, 1.82) is 0 Å². The molecule has 0 bridgehead atoms. The van der Waals surface area contributed by atoms with E-state index in [0.717, 1.165) is 29.9 Å². The minimum Gasteiger partial charge on any atom is -0.493 e. The first kappa shape index (κ1) is 12.2. The molecule has 1 aliphatic rings. The fourth-order valence-electron chi connectivity index (χ4n) is 2.15. The van der Waals surface area contributed by atoms with Gasteiger partial charge in [-0.15, -0.1) is 0 Å². The molecule has 0 saturated heterocycles. The lowest BCUT2D eigenvalue weighted by Gasteiger charge is -2.27. The lowest BCUT2D eigenvalue weighted by molar-refractivity contribution is 0.0457. The zero-order valence-corrected chi connectivity index (χ0v) is 10.6. The van der Waals surface area contributed by atoms with Crippen LogP contribution < -0.4 is 15.0 Å². The first-order chi connectivity index (χ1) is 8.30. The summed E-state index contributed by atoms with van der Waals surface area (Å²) in [5, 5.41) is 0. The van der Waals surface area contributed by atoms with Crippen LogP contribution in [0, 0.1) is 0 Å². The highest BCUT2D eigenvalue weighted by molar-refractivity contribution is 5.51. The van der Waals surface area contributed by atoms with Crippen molar-refractivity contribution in [2.45, 2.75) is 25.8 Å². The van der Waals surface area contributed by atoms with Crippen LogP contribution in [0.15, 0.2) is 12.1 Å². The molecule has 1 aromatic rings. The highest BCUT2D eigenvalue weighted by Crippen LogP contribution is 2.40. The van der Waals surface area contributed by atoms with Crippen molar-refractivity contribution in [1.82, 2.24) is 5.48 Å². The largest absolute Gasteiger partial charge is 0.493 e. The lowest BCUT2D eigenvalue weighted by atomic mass is 9.97. The number of methoxy groups -OCH3 is 1. The molecule has 4 heteroatoms.